The van der Waals surface area contributed by atoms with Gasteiger partial charge in [0.2, 0.25) is 0 Å². The maximum absolute atomic E-state index is 13.0. The highest BCUT2D eigenvalue weighted by atomic mass is 16.3. The molecule has 0 radical (unpaired) electrons. The van der Waals surface area contributed by atoms with E-state index < -0.39 is 6.10 Å². The van der Waals surface area contributed by atoms with Gasteiger partial charge in [0.25, 0.3) is 5.91 Å². The summed E-state index contributed by atoms with van der Waals surface area (Å²) < 4.78 is 0. The van der Waals surface area contributed by atoms with Gasteiger partial charge in [-0.1, -0.05) is 26.5 Å². The number of Topliss-reactive ketones (excluding diaryl/α,β-unsaturated/α-hetero) is 1. The fourth-order valence-electron chi connectivity index (χ4n) is 4.82. The van der Waals surface area contributed by atoms with Crippen molar-refractivity contribution in [2.45, 2.75) is 77.5 Å². The van der Waals surface area contributed by atoms with E-state index in [9.17, 15) is 14.7 Å². The van der Waals surface area contributed by atoms with Crippen LogP contribution in [0.2, 0.25) is 0 Å². The Balaban J connectivity index is 1.33. The Kier molecular flexibility index (Phi) is 8.64. The number of aliphatic hydroxyl groups excluding tert-OH is 1. The molecule has 3 unspecified atom stereocenters. The Morgan fingerprint density at radius 3 is 2.57 bits per heavy atom. The number of hydrogen-bond acceptors (Lipinski definition) is 6. The monoisotopic (exact) mass is 504 g/mol. The average molecular weight is 505 g/mol. The fraction of sp³-hybridized carbons (Fsp3) is 0.500. The first-order valence-electron chi connectivity index (χ1n) is 13.5. The van der Waals surface area contributed by atoms with Gasteiger partial charge in [0, 0.05) is 48.1 Å². The Bertz CT molecular complexity index is 1110. The van der Waals surface area contributed by atoms with Crippen LogP contribution in [-0.2, 0) is 0 Å². The van der Waals surface area contributed by atoms with E-state index in [1.807, 2.05) is 43.0 Å². The number of rotatable bonds is 12. The third-order valence-electron chi connectivity index (χ3n) is 7.61. The van der Waals surface area contributed by atoms with Crippen LogP contribution < -0.4 is 15.5 Å². The van der Waals surface area contributed by atoms with Crippen LogP contribution in [0.15, 0.2) is 49.3 Å². The van der Waals surface area contributed by atoms with Gasteiger partial charge in [-0.3, -0.25) is 9.59 Å². The highest BCUT2D eigenvalue weighted by Gasteiger charge is 2.30. The minimum Gasteiger partial charge on any atom is -0.392 e. The summed E-state index contributed by atoms with van der Waals surface area (Å²) in [4.78, 5) is 32.0. The summed E-state index contributed by atoms with van der Waals surface area (Å²) in [5, 5.41) is 16.7. The number of pyridine rings is 1. The zero-order valence-electron chi connectivity index (χ0n) is 22.2. The number of carbonyl (C=O) groups is 2. The molecule has 0 aliphatic heterocycles. The number of aromatic nitrogens is 1. The summed E-state index contributed by atoms with van der Waals surface area (Å²) in [5.41, 5.74) is 3.36. The molecule has 2 aromatic rings. The van der Waals surface area contributed by atoms with Gasteiger partial charge in [-0.2, -0.15) is 0 Å². The molecular weight excluding hydrogens is 464 g/mol. The van der Waals surface area contributed by atoms with Crippen LogP contribution in [0.1, 0.15) is 78.7 Å². The minimum absolute atomic E-state index is 0.0280. The molecule has 7 heteroatoms. The lowest BCUT2D eigenvalue weighted by Crippen LogP contribution is -2.35. The molecule has 0 spiro atoms. The molecule has 2 saturated carbocycles. The Hall–Kier alpha value is -3.19. The quantitative estimate of drug-likeness (QED) is 0.348. The number of ketones is 1. The molecule has 3 N–H and O–H groups in total. The third kappa shape index (κ3) is 6.98. The number of hydrogen-bond donors (Lipinski definition) is 3. The van der Waals surface area contributed by atoms with Crippen LogP contribution in [0.5, 0.6) is 0 Å². The SMILES string of the molecule is C=CN(c1ccc(C(=O)CC(O)C(C)C)cn1)C1CCC(NC(=O)c2ccc(C)c(NCC3CC3)c2)C1. The lowest BCUT2D eigenvalue weighted by atomic mass is 9.99. The largest absolute Gasteiger partial charge is 0.392 e. The number of nitrogens with zero attached hydrogens (tertiary/aromatic N) is 2. The van der Waals surface area contributed by atoms with Gasteiger partial charge < -0.3 is 20.6 Å². The number of aryl methyl sites for hydroxylation is 1. The van der Waals surface area contributed by atoms with Crippen LogP contribution in [-0.4, -0.2) is 46.5 Å². The van der Waals surface area contributed by atoms with Gasteiger partial charge in [0.1, 0.15) is 5.82 Å². The predicted molar refractivity (Wildman–Crippen MR) is 148 cm³/mol. The maximum atomic E-state index is 13.0. The molecule has 2 aliphatic carbocycles. The zero-order chi connectivity index (χ0) is 26.5. The van der Waals surface area contributed by atoms with E-state index in [0.717, 1.165) is 48.8 Å². The van der Waals surface area contributed by atoms with Crippen molar-refractivity contribution in [1.82, 2.24) is 10.3 Å². The maximum Gasteiger partial charge on any atom is 0.251 e. The summed E-state index contributed by atoms with van der Waals surface area (Å²) in [6.45, 7) is 10.8. The van der Waals surface area contributed by atoms with Gasteiger partial charge in [0.05, 0.1) is 6.10 Å². The second-order valence-electron chi connectivity index (χ2n) is 10.9. The van der Waals surface area contributed by atoms with E-state index in [2.05, 4.69) is 29.1 Å². The first kappa shape index (κ1) is 26.9. The molecule has 1 heterocycles. The molecular formula is C30H40N4O3. The smallest absolute Gasteiger partial charge is 0.251 e. The third-order valence-corrected chi connectivity index (χ3v) is 7.61. The average Bonchev–Trinajstić information content (AvgIpc) is 3.61. The standard InChI is InChI=1S/C30H40N4O3/c1-5-34(29-13-10-23(18-32-29)28(36)16-27(35)19(2)3)25-12-11-24(15-25)33-30(37)22-9-6-20(4)26(14-22)31-17-21-7-8-21/h5-6,9-10,13-14,18-19,21,24-25,27,31,35H,1,7-8,11-12,15-17H2,2-4H3,(H,33,37). The van der Waals surface area contributed by atoms with E-state index in [1.54, 1.807) is 18.5 Å². The van der Waals surface area contributed by atoms with Crippen LogP contribution >= 0.6 is 0 Å². The first-order valence-corrected chi connectivity index (χ1v) is 13.5. The van der Waals surface area contributed by atoms with Crippen molar-refractivity contribution in [2.75, 3.05) is 16.8 Å². The van der Waals surface area contributed by atoms with E-state index in [1.165, 1.54) is 12.8 Å². The Labute approximate surface area is 220 Å². The topological polar surface area (TPSA) is 94.6 Å². The fourth-order valence-corrected chi connectivity index (χ4v) is 4.82. The van der Waals surface area contributed by atoms with Crippen LogP contribution in [0.3, 0.4) is 0 Å². The zero-order valence-corrected chi connectivity index (χ0v) is 22.2. The van der Waals surface area contributed by atoms with Gasteiger partial charge in [-0.25, -0.2) is 4.98 Å². The first-order chi connectivity index (χ1) is 17.7. The molecule has 37 heavy (non-hydrogen) atoms. The highest BCUT2D eigenvalue weighted by Crippen LogP contribution is 2.30. The van der Waals surface area contributed by atoms with Crippen LogP contribution in [0.25, 0.3) is 0 Å². The van der Waals surface area contributed by atoms with Gasteiger partial charge in [-0.05, 0) is 86.9 Å². The summed E-state index contributed by atoms with van der Waals surface area (Å²) >= 11 is 0. The molecule has 198 valence electrons. The van der Waals surface area contributed by atoms with Gasteiger partial charge in [-0.15, -0.1) is 0 Å². The normalized spacial score (nSPS) is 19.9. The van der Waals surface area contributed by atoms with Gasteiger partial charge in [0.15, 0.2) is 5.78 Å². The predicted octanol–water partition coefficient (Wildman–Crippen LogP) is 5.10. The summed E-state index contributed by atoms with van der Waals surface area (Å²) in [5.74, 6) is 1.35. The molecule has 1 amide bonds. The number of carbonyl (C=O) groups excluding carboxylic acids is 2. The number of amides is 1. The van der Waals surface area contributed by atoms with Crippen molar-refractivity contribution in [3.05, 3.63) is 66.0 Å². The van der Waals surface area contributed by atoms with Crippen LogP contribution in [0, 0.1) is 18.8 Å². The second-order valence-corrected chi connectivity index (χ2v) is 10.9. The molecule has 4 rings (SSSR count). The van der Waals surface area contributed by atoms with Crippen molar-refractivity contribution in [3.8, 4) is 0 Å². The van der Waals surface area contributed by atoms with E-state index in [0.29, 0.717) is 11.1 Å². The number of nitrogens with one attached hydrogen (secondary N) is 2. The molecule has 0 bridgehead atoms. The minimum atomic E-state index is -0.659. The lowest BCUT2D eigenvalue weighted by Gasteiger charge is -2.26. The summed E-state index contributed by atoms with van der Waals surface area (Å²) in [6, 6.07) is 9.67. The Morgan fingerprint density at radius 1 is 1.16 bits per heavy atom. The van der Waals surface area contributed by atoms with E-state index >= 15 is 0 Å². The lowest BCUT2D eigenvalue weighted by molar-refractivity contribution is 0.0789. The molecule has 2 aliphatic rings. The number of benzene rings is 1. The van der Waals surface area contributed by atoms with Crippen molar-refractivity contribution < 1.29 is 14.7 Å². The highest BCUT2D eigenvalue weighted by molar-refractivity contribution is 5.96. The molecule has 0 saturated heterocycles. The van der Waals surface area contributed by atoms with Gasteiger partial charge >= 0.3 is 0 Å². The molecule has 2 fully saturated rings. The Morgan fingerprint density at radius 2 is 1.92 bits per heavy atom. The van der Waals surface area contributed by atoms with Crippen molar-refractivity contribution in [3.63, 3.8) is 0 Å². The second kappa shape index (κ2) is 11.9. The molecule has 3 atom stereocenters. The number of anilines is 2. The van der Waals surface area contributed by atoms with Crippen molar-refractivity contribution in [1.29, 1.82) is 0 Å². The molecule has 1 aromatic heterocycles. The van der Waals surface area contributed by atoms with Crippen molar-refractivity contribution >= 4 is 23.2 Å². The summed E-state index contributed by atoms with van der Waals surface area (Å²) in [7, 11) is 0. The van der Waals surface area contributed by atoms with E-state index in [4.69, 9.17) is 0 Å². The molecule has 1 aromatic carbocycles. The summed E-state index contributed by atoms with van der Waals surface area (Å²) in [6.07, 6.45) is 7.92. The number of aliphatic hydroxyl groups is 1. The molecule has 7 nitrogen and oxygen atoms in total. The van der Waals surface area contributed by atoms with Crippen molar-refractivity contribution in [2.24, 2.45) is 11.8 Å². The van der Waals surface area contributed by atoms with Crippen LogP contribution in [0.4, 0.5) is 11.5 Å². The van der Waals surface area contributed by atoms with E-state index in [-0.39, 0.29) is 36.1 Å².